The fourth-order valence-electron chi connectivity index (χ4n) is 4.01. The maximum absolute atomic E-state index is 6.26. The molecular formula is C16H32N2O. The van der Waals surface area contributed by atoms with Crippen LogP contribution < -0.4 is 5.73 Å². The average Bonchev–Trinajstić information content (AvgIpc) is 2.29. The summed E-state index contributed by atoms with van der Waals surface area (Å²) in [5.41, 5.74) is 6.61. The molecule has 3 nitrogen and oxygen atoms in total. The van der Waals surface area contributed by atoms with Gasteiger partial charge in [0.25, 0.3) is 0 Å². The van der Waals surface area contributed by atoms with Crippen molar-refractivity contribution in [3.8, 4) is 0 Å². The van der Waals surface area contributed by atoms with Gasteiger partial charge in [-0.05, 0) is 43.9 Å². The maximum Gasteiger partial charge on any atom is 0.0678 e. The first-order chi connectivity index (χ1) is 8.80. The maximum atomic E-state index is 6.26. The molecule has 2 aliphatic rings. The van der Waals surface area contributed by atoms with Gasteiger partial charge in [0.1, 0.15) is 0 Å². The van der Waals surface area contributed by atoms with Crippen LogP contribution in [0.1, 0.15) is 47.5 Å². The molecule has 5 atom stereocenters. The minimum Gasteiger partial charge on any atom is -0.373 e. The van der Waals surface area contributed by atoms with Crippen LogP contribution >= 0.6 is 0 Å². The van der Waals surface area contributed by atoms with Crippen LogP contribution in [-0.4, -0.2) is 42.8 Å². The summed E-state index contributed by atoms with van der Waals surface area (Å²) in [4.78, 5) is 2.61. The Morgan fingerprint density at radius 2 is 1.68 bits per heavy atom. The number of morpholine rings is 1. The van der Waals surface area contributed by atoms with Gasteiger partial charge in [-0.15, -0.1) is 0 Å². The first-order valence-electron chi connectivity index (χ1n) is 7.94. The third-order valence-corrected chi connectivity index (χ3v) is 5.69. The minimum absolute atomic E-state index is 0.350. The van der Waals surface area contributed by atoms with Crippen LogP contribution in [0.3, 0.4) is 0 Å². The fraction of sp³-hybridized carbons (Fsp3) is 1.00. The first-order valence-corrected chi connectivity index (χ1v) is 7.94. The Labute approximate surface area is 118 Å². The molecule has 1 heterocycles. The lowest BCUT2D eigenvalue weighted by Crippen LogP contribution is -2.53. The van der Waals surface area contributed by atoms with E-state index in [9.17, 15) is 0 Å². The minimum atomic E-state index is 0.350. The third kappa shape index (κ3) is 3.32. The van der Waals surface area contributed by atoms with E-state index in [4.69, 9.17) is 10.5 Å². The Kier molecular flexibility index (Phi) is 4.59. The Balaban J connectivity index is 1.98. The molecule has 0 aromatic heterocycles. The second-order valence-corrected chi connectivity index (χ2v) is 7.52. The van der Waals surface area contributed by atoms with E-state index in [-0.39, 0.29) is 0 Å². The Bertz CT molecular complexity index is 295. The molecule has 0 aromatic carbocycles. The summed E-state index contributed by atoms with van der Waals surface area (Å²) in [5, 5.41) is 0. The molecule has 1 aliphatic heterocycles. The summed E-state index contributed by atoms with van der Waals surface area (Å²) in [5.74, 6) is 1.38. The van der Waals surface area contributed by atoms with Gasteiger partial charge in [-0.25, -0.2) is 0 Å². The molecule has 0 aromatic rings. The number of nitrogens with zero attached hydrogens (tertiary/aromatic N) is 1. The molecule has 112 valence electrons. The molecule has 1 saturated carbocycles. The lowest BCUT2D eigenvalue weighted by atomic mass is 9.61. The second-order valence-electron chi connectivity index (χ2n) is 7.52. The molecule has 1 aliphatic carbocycles. The number of hydrogen-bond acceptors (Lipinski definition) is 3. The van der Waals surface area contributed by atoms with Crippen LogP contribution in [0.4, 0.5) is 0 Å². The summed E-state index contributed by atoms with van der Waals surface area (Å²) in [6.07, 6.45) is 3.20. The van der Waals surface area contributed by atoms with Crippen molar-refractivity contribution in [1.82, 2.24) is 4.90 Å². The molecule has 2 rings (SSSR count). The SMILES string of the molecule is CC1CN(CC2CCC(N)C(C)C2(C)C)CC(C)O1. The summed E-state index contributed by atoms with van der Waals surface area (Å²) in [6, 6.07) is 0.383. The van der Waals surface area contributed by atoms with Gasteiger partial charge in [0.15, 0.2) is 0 Å². The summed E-state index contributed by atoms with van der Waals surface area (Å²) < 4.78 is 5.83. The van der Waals surface area contributed by atoms with Crippen LogP contribution in [0.15, 0.2) is 0 Å². The van der Waals surface area contributed by atoms with Crippen LogP contribution in [-0.2, 0) is 4.74 Å². The van der Waals surface area contributed by atoms with E-state index in [1.165, 1.54) is 19.4 Å². The third-order valence-electron chi connectivity index (χ3n) is 5.69. The lowest BCUT2D eigenvalue weighted by Gasteiger charge is -2.49. The first kappa shape index (κ1) is 15.3. The van der Waals surface area contributed by atoms with Gasteiger partial charge in [0, 0.05) is 25.7 Å². The molecule has 0 radical (unpaired) electrons. The van der Waals surface area contributed by atoms with E-state index >= 15 is 0 Å². The van der Waals surface area contributed by atoms with E-state index in [1.807, 2.05) is 0 Å². The van der Waals surface area contributed by atoms with Crippen molar-refractivity contribution >= 4 is 0 Å². The zero-order chi connectivity index (χ0) is 14.2. The van der Waals surface area contributed by atoms with E-state index in [2.05, 4.69) is 39.5 Å². The molecule has 0 amide bonds. The number of hydrogen-bond donors (Lipinski definition) is 1. The molecule has 5 unspecified atom stereocenters. The van der Waals surface area contributed by atoms with Crippen LogP contribution in [0.25, 0.3) is 0 Å². The van der Waals surface area contributed by atoms with Crippen molar-refractivity contribution in [1.29, 1.82) is 0 Å². The highest BCUT2D eigenvalue weighted by Gasteiger charge is 2.42. The van der Waals surface area contributed by atoms with Crippen molar-refractivity contribution < 1.29 is 4.74 Å². The standard InChI is InChI=1S/C16H32N2O/c1-11-8-18(9-12(2)19-11)10-14-6-7-15(17)13(3)16(14,4)5/h11-15H,6-10,17H2,1-5H3. The van der Waals surface area contributed by atoms with E-state index in [1.54, 1.807) is 0 Å². The van der Waals surface area contributed by atoms with Crippen molar-refractivity contribution in [2.24, 2.45) is 23.0 Å². The van der Waals surface area contributed by atoms with Crippen molar-refractivity contribution in [2.45, 2.75) is 65.7 Å². The number of ether oxygens (including phenoxy) is 1. The largest absolute Gasteiger partial charge is 0.373 e. The quantitative estimate of drug-likeness (QED) is 0.836. The van der Waals surface area contributed by atoms with Gasteiger partial charge >= 0.3 is 0 Å². The monoisotopic (exact) mass is 268 g/mol. The van der Waals surface area contributed by atoms with Gasteiger partial charge in [0.2, 0.25) is 0 Å². The van der Waals surface area contributed by atoms with Crippen molar-refractivity contribution in [3.05, 3.63) is 0 Å². The number of nitrogens with two attached hydrogens (primary N) is 1. The van der Waals surface area contributed by atoms with Gasteiger partial charge < -0.3 is 10.5 Å². The molecule has 2 fully saturated rings. The summed E-state index contributed by atoms with van der Waals surface area (Å²) in [7, 11) is 0. The van der Waals surface area contributed by atoms with Crippen molar-refractivity contribution in [2.75, 3.05) is 19.6 Å². The summed E-state index contributed by atoms with van der Waals surface area (Å²) in [6.45, 7) is 14.9. The topological polar surface area (TPSA) is 38.5 Å². The number of rotatable bonds is 2. The van der Waals surface area contributed by atoms with Gasteiger partial charge in [0.05, 0.1) is 12.2 Å². The Morgan fingerprint density at radius 1 is 1.11 bits per heavy atom. The Morgan fingerprint density at radius 3 is 2.26 bits per heavy atom. The van der Waals surface area contributed by atoms with Gasteiger partial charge in [-0.2, -0.15) is 0 Å². The summed E-state index contributed by atoms with van der Waals surface area (Å²) >= 11 is 0. The lowest BCUT2D eigenvalue weighted by molar-refractivity contribution is -0.0820. The van der Waals surface area contributed by atoms with E-state index < -0.39 is 0 Å². The highest BCUT2D eigenvalue weighted by molar-refractivity contribution is 4.95. The molecule has 0 bridgehead atoms. The molecule has 1 saturated heterocycles. The molecule has 0 spiro atoms. The zero-order valence-electron chi connectivity index (χ0n) is 13.4. The molecule has 2 N–H and O–H groups in total. The molecular weight excluding hydrogens is 236 g/mol. The van der Waals surface area contributed by atoms with E-state index in [0.717, 1.165) is 19.0 Å². The molecule has 3 heteroatoms. The van der Waals surface area contributed by atoms with Crippen LogP contribution in [0.5, 0.6) is 0 Å². The molecule has 19 heavy (non-hydrogen) atoms. The van der Waals surface area contributed by atoms with E-state index in [0.29, 0.717) is 29.6 Å². The average molecular weight is 268 g/mol. The van der Waals surface area contributed by atoms with Gasteiger partial charge in [-0.3, -0.25) is 4.90 Å². The highest BCUT2D eigenvalue weighted by atomic mass is 16.5. The predicted octanol–water partition coefficient (Wildman–Crippen LogP) is 2.50. The normalized spacial score (nSPS) is 44.2. The smallest absolute Gasteiger partial charge is 0.0678 e. The Hall–Kier alpha value is -0.120. The van der Waals surface area contributed by atoms with Gasteiger partial charge in [-0.1, -0.05) is 20.8 Å². The van der Waals surface area contributed by atoms with Crippen LogP contribution in [0.2, 0.25) is 0 Å². The van der Waals surface area contributed by atoms with Crippen LogP contribution in [0, 0.1) is 17.3 Å². The predicted molar refractivity (Wildman–Crippen MR) is 80.1 cm³/mol. The fourth-order valence-corrected chi connectivity index (χ4v) is 4.01. The van der Waals surface area contributed by atoms with Crippen molar-refractivity contribution in [3.63, 3.8) is 0 Å². The second kappa shape index (κ2) is 5.71. The zero-order valence-corrected chi connectivity index (χ0v) is 13.4. The highest BCUT2D eigenvalue weighted by Crippen LogP contribution is 2.44.